The molecule has 0 aliphatic carbocycles. The molecule has 0 radical (unpaired) electrons. The molecular formula is C15H18N2O2. The van der Waals surface area contributed by atoms with Crippen LogP contribution in [0.4, 0.5) is 0 Å². The Morgan fingerprint density at radius 1 is 1.37 bits per heavy atom. The summed E-state index contributed by atoms with van der Waals surface area (Å²) in [6.45, 7) is 3.88. The Balaban J connectivity index is 2.31. The van der Waals surface area contributed by atoms with Gasteiger partial charge in [0.2, 0.25) is 0 Å². The number of carbonyl (C=O) groups is 1. The van der Waals surface area contributed by atoms with Gasteiger partial charge in [0.1, 0.15) is 0 Å². The fourth-order valence-electron chi connectivity index (χ4n) is 2.30. The van der Waals surface area contributed by atoms with Crippen molar-refractivity contribution in [3.8, 4) is 0 Å². The molecule has 1 unspecified atom stereocenters. The van der Waals surface area contributed by atoms with Gasteiger partial charge in [-0.25, -0.2) is 0 Å². The Bertz CT molecular complexity index is 602. The summed E-state index contributed by atoms with van der Waals surface area (Å²) in [6.07, 6.45) is 0.454. The standard InChI is InChI=1S/C15H18N2O2/c1-10-5-4-6-12(7-10)14(15(18)19)9-13-8-11(2)16-17(13)3/h4-8,14H,9H2,1-3H3,(H,18,19). The van der Waals surface area contributed by atoms with E-state index in [1.165, 1.54) is 0 Å². The van der Waals surface area contributed by atoms with E-state index in [-0.39, 0.29) is 0 Å². The molecule has 4 nitrogen and oxygen atoms in total. The van der Waals surface area contributed by atoms with Crippen LogP contribution in [0.5, 0.6) is 0 Å². The zero-order valence-electron chi connectivity index (χ0n) is 11.4. The summed E-state index contributed by atoms with van der Waals surface area (Å²) in [7, 11) is 1.84. The molecule has 100 valence electrons. The summed E-state index contributed by atoms with van der Waals surface area (Å²) in [4.78, 5) is 11.5. The first-order valence-electron chi connectivity index (χ1n) is 6.26. The molecule has 1 aromatic heterocycles. The fraction of sp³-hybridized carbons (Fsp3) is 0.333. The maximum Gasteiger partial charge on any atom is 0.311 e. The lowest BCUT2D eigenvalue weighted by Gasteiger charge is -2.13. The minimum absolute atomic E-state index is 0.454. The van der Waals surface area contributed by atoms with Gasteiger partial charge in [0.05, 0.1) is 11.6 Å². The largest absolute Gasteiger partial charge is 0.481 e. The lowest BCUT2D eigenvalue weighted by atomic mass is 9.93. The van der Waals surface area contributed by atoms with Crippen LogP contribution in [-0.4, -0.2) is 20.9 Å². The highest BCUT2D eigenvalue weighted by Crippen LogP contribution is 2.22. The molecule has 0 bridgehead atoms. The number of benzene rings is 1. The van der Waals surface area contributed by atoms with Crippen molar-refractivity contribution in [3.05, 3.63) is 52.8 Å². The Labute approximate surface area is 112 Å². The Hall–Kier alpha value is -2.10. The molecule has 1 N–H and O–H groups in total. The molecule has 0 aliphatic rings. The van der Waals surface area contributed by atoms with Crippen LogP contribution >= 0.6 is 0 Å². The van der Waals surface area contributed by atoms with E-state index in [2.05, 4.69) is 5.10 Å². The molecule has 2 aromatic rings. The number of nitrogens with zero attached hydrogens (tertiary/aromatic N) is 2. The average molecular weight is 258 g/mol. The van der Waals surface area contributed by atoms with E-state index in [9.17, 15) is 9.90 Å². The highest BCUT2D eigenvalue weighted by atomic mass is 16.4. The van der Waals surface area contributed by atoms with Gasteiger partial charge in [0.15, 0.2) is 0 Å². The highest BCUT2D eigenvalue weighted by Gasteiger charge is 2.22. The average Bonchev–Trinajstić information content (AvgIpc) is 2.64. The predicted octanol–water partition coefficient (Wildman–Crippen LogP) is 2.45. The van der Waals surface area contributed by atoms with E-state index in [0.29, 0.717) is 6.42 Å². The summed E-state index contributed by atoms with van der Waals surface area (Å²) >= 11 is 0. The van der Waals surface area contributed by atoms with Gasteiger partial charge >= 0.3 is 5.97 Å². The molecule has 0 saturated heterocycles. The van der Waals surface area contributed by atoms with E-state index < -0.39 is 11.9 Å². The van der Waals surface area contributed by atoms with Gasteiger partial charge in [0.25, 0.3) is 0 Å². The van der Waals surface area contributed by atoms with Crippen LogP contribution in [0.15, 0.2) is 30.3 Å². The second-order valence-corrected chi connectivity index (χ2v) is 4.91. The lowest BCUT2D eigenvalue weighted by molar-refractivity contribution is -0.138. The van der Waals surface area contributed by atoms with Crippen molar-refractivity contribution in [1.82, 2.24) is 9.78 Å². The Morgan fingerprint density at radius 3 is 2.63 bits per heavy atom. The number of aliphatic carboxylic acids is 1. The van der Waals surface area contributed by atoms with Crippen LogP contribution < -0.4 is 0 Å². The zero-order valence-corrected chi connectivity index (χ0v) is 11.4. The summed E-state index contributed by atoms with van der Waals surface area (Å²) < 4.78 is 1.75. The van der Waals surface area contributed by atoms with Crippen LogP contribution in [0.1, 0.15) is 28.4 Å². The van der Waals surface area contributed by atoms with Crippen LogP contribution in [0.2, 0.25) is 0 Å². The topological polar surface area (TPSA) is 55.1 Å². The smallest absolute Gasteiger partial charge is 0.311 e. The first-order chi connectivity index (χ1) is 8.97. The molecular weight excluding hydrogens is 240 g/mol. The number of rotatable bonds is 4. The fourth-order valence-corrected chi connectivity index (χ4v) is 2.30. The van der Waals surface area contributed by atoms with E-state index in [1.54, 1.807) is 4.68 Å². The van der Waals surface area contributed by atoms with E-state index in [1.807, 2.05) is 51.2 Å². The van der Waals surface area contributed by atoms with Gasteiger partial charge in [-0.1, -0.05) is 29.8 Å². The van der Waals surface area contributed by atoms with Crippen LogP contribution in [0.25, 0.3) is 0 Å². The Morgan fingerprint density at radius 2 is 2.11 bits per heavy atom. The SMILES string of the molecule is Cc1cccc(C(Cc2cc(C)nn2C)C(=O)O)c1. The van der Waals surface area contributed by atoms with E-state index in [4.69, 9.17) is 0 Å². The molecule has 0 fully saturated rings. The second-order valence-electron chi connectivity index (χ2n) is 4.91. The summed E-state index contributed by atoms with van der Waals surface area (Å²) in [6, 6.07) is 9.61. The molecule has 4 heteroatoms. The zero-order chi connectivity index (χ0) is 14.0. The number of hydrogen-bond acceptors (Lipinski definition) is 2. The van der Waals surface area contributed by atoms with E-state index >= 15 is 0 Å². The van der Waals surface area contributed by atoms with Crippen molar-refractivity contribution in [2.45, 2.75) is 26.2 Å². The molecule has 0 saturated carbocycles. The normalized spacial score (nSPS) is 12.4. The molecule has 1 heterocycles. The van der Waals surface area contributed by atoms with Crippen LogP contribution in [0.3, 0.4) is 0 Å². The number of carboxylic acid groups (broad SMARTS) is 1. The molecule has 1 atom stereocenters. The lowest BCUT2D eigenvalue weighted by Crippen LogP contribution is -2.16. The third kappa shape index (κ3) is 3.02. The molecule has 1 aromatic carbocycles. The predicted molar refractivity (Wildman–Crippen MR) is 73.2 cm³/mol. The third-order valence-electron chi connectivity index (χ3n) is 3.25. The summed E-state index contributed by atoms with van der Waals surface area (Å²) in [5.41, 5.74) is 3.76. The van der Waals surface area contributed by atoms with Crippen molar-refractivity contribution in [2.24, 2.45) is 7.05 Å². The van der Waals surface area contributed by atoms with E-state index in [0.717, 1.165) is 22.5 Å². The van der Waals surface area contributed by atoms with Crippen LogP contribution in [-0.2, 0) is 18.3 Å². The van der Waals surface area contributed by atoms with Crippen molar-refractivity contribution >= 4 is 5.97 Å². The Kier molecular flexibility index (Phi) is 3.69. The van der Waals surface area contributed by atoms with Crippen LogP contribution in [0, 0.1) is 13.8 Å². The summed E-state index contributed by atoms with van der Waals surface area (Å²) in [5.74, 6) is -1.33. The maximum atomic E-state index is 11.5. The molecule has 19 heavy (non-hydrogen) atoms. The number of hydrogen-bond donors (Lipinski definition) is 1. The van der Waals surface area contributed by atoms with Crippen molar-refractivity contribution < 1.29 is 9.90 Å². The minimum atomic E-state index is -0.801. The molecule has 2 rings (SSSR count). The van der Waals surface area contributed by atoms with Gasteiger partial charge in [0, 0.05) is 19.2 Å². The number of carboxylic acids is 1. The van der Waals surface area contributed by atoms with Crippen molar-refractivity contribution in [1.29, 1.82) is 0 Å². The maximum absolute atomic E-state index is 11.5. The van der Waals surface area contributed by atoms with Gasteiger partial charge in [-0.3, -0.25) is 9.48 Å². The summed E-state index contributed by atoms with van der Waals surface area (Å²) in [5, 5.41) is 13.7. The second kappa shape index (κ2) is 5.26. The van der Waals surface area contributed by atoms with Crippen molar-refractivity contribution in [3.63, 3.8) is 0 Å². The van der Waals surface area contributed by atoms with Gasteiger partial charge in [-0.2, -0.15) is 5.10 Å². The van der Waals surface area contributed by atoms with Crippen molar-refractivity contribution in [2.75, 3.05) is 0 Å². The first kappa shape index (κ1) is 13.3. The number of aromatic nitrogens is 2. The van der Waals surface area contributed by atoms with Gasteiger partial charge in [-0.05, 0) is 25.5 Å². The first-order valence-corrected chi connectivity index (χ1v) is 6.26. The molecule has 0 aliphatic heterocycles. The monoisotopic (exact) mass is 258 g/mol. The number of aryl methyl sites for hydroxylation is 3. The quantitative estimate of drug-likeness (QED) is 0.916. The molecule has 0 amide bonds. The van der Waals surface area contributed by atoms with Gasteiger partial charge < -0.3 is 5.11 Å². The third-order valence-corrected chi connectivity index (χ3v) is 3.25. The molecule has 0 spiro atoms. The minimum Gasteiger partial charge on any atom is -0.481 e. The van der Waals surface area contributed by atoms with Gasteiger partial charge in [-0.15, -0.1) is 0 Å². The highest BCUT2D eigenvalue weighted by molar-refractivity contribution is 5.76.